The van der Waals surface area contributed by atoms with Crippen molar-refractivity contribution in [1.82, 2.24) is 0 Å². The summed E-state index contributed by atoms with van der Waals surface area (Å²) in [5, 5.41) is 0. The highest BCUT2D eigenvalue weighted by Crippen LogP contribution is 2.24. The summed E-state index contributed by atoms with van der Waals surface area (Å²) in [7, 11) is 0. The number of hydrogen-bond acceptors (Lipinski definition) is 1. The Balaban J connectivity index is 1.73. The van der Waals surface area contributed by atoms with Crippen molar-refractivity contribution >= 4 is 0 Å². The lowest BCUT2D eigenvalue weighted by atomic mass is 9.89. The molecular formula is C20H26O. The van der Waals surface area contributed by atoms with Gasteiger partial charge in [0.2, 0.25) is 0 Å². The van der Waals surface area contributed by atoms with Crippen molar-refractivity contribution in [2.24, 2.45) is 5.92 Å². The molecule has 0 saturated heterocycles. The lowest BCUT2D eigenvalue weighted by molar-refractivity contribution is 0.106. The van der Waals surface area contributed by atoms with E-state index in [9.17, 15) is 0 Å². The van der Waals surface area contributed by atoms with E-state index in [0.29, 0.717) is 11.8 Å². The Bertz CT molecular complexity index is 490. The molecule has 112 valence electrons. The van der Waals surface area contributed by atoms with Gasteiger partial charge in [0.05, 0.1) is 6.61 Å². The van der Waals surface area contributed by atoms with Gasteiger partial charge in [-0.15, -0.1) is 0 Å². The number of ether oxygens (including phenoxy) is 1. The van der Waals surface area contributed by atoms with Crippen LogP contribution in [0.5, 0.6) is 0 Å². The first-order valence-electron chi connectivity index (χ1n) is 7.94. The average molecular weight is 282 g/mol. The van der Waals surface area contributed by atoms with Gasteiger partial charge in [-0.05, 0) is 29.9 Å². The van der Waals surface area contributed by atoms with Gasteiger partial charge in [0, 0.05) is 12.5 Å². The normalized spacial score (nSPS) is 12.5. The zero-order valence-corrected chi connectivity index (χ0v) is 13.2. The van der Waals surface area contributed by atoms with Crippen LogP contribution in [0.15, 0.2) is 60.7 Å². The number of hydrogen-bond donors (Lipinski definition) is 0. The zero-order valence-electron chi connectivity index (χ0n) is 13.2. The average Bonchev–Trinajstić information content (AvgIpc) is 2.52. The molecule has 0 fully saturated rings. The molecule has 0 bridgehead atoms. The molecule has 1 nitrogen and oxygen atoms in total. The predicted octanol–water partition coefficient (Wildman–Crippen LogP) is 5.08. The minimum Gasteiger partial charge on any atom is -0.381 e. The third-order valence-corrected chi connectivity index (χ3v) is 3.93. The van der Waals surface area contributed by atoms with Gasteiger partial charge < -0.3 is 4.74 Å². The molecule has 0 spiro atoms. The molecule has 0 saturated carbocycles. The second kappa shape index (κ2) is 8.63. The van der Waals surface area contributed by atoms with Crippen molar-refractivity contribution < 1.29 is 4.74 Å². The van der Waals surface area contributed by atoms with Gasteiger partial charge in [-0.2, -0.15) is 0 Å². The van der Waals surface area contributed by atoms with Crippen LogP contribution in [-0.2, 0) is 11.2 Å². The molecule has 0 aliphatic heterocycles. The van der Waals surface area contributed by atoms with Gasteiger partial charge >= 0.3 is 0 Å². The maximum absolute atomic E-state index is 5.93. The predicted molar refractivity (Wildman–Crippen MR) is 89.6 cm³/mol. The molecule has 0 aliphatic carbocycles. The van der Waals surface area contributed by atoms with Gasteiger partial charge in [-0.1, -0.05) is 74.5 Å². The Morgan fingerprint density at radius 2 is 1.48 bits per heavy atom. The van der Waals surface area contributed by atoms with Crippen LogP contribution in [0.25, 0.3) is 0 Å². The Labute approximate surface area is 129 Å². The molecule has 0 aromatic heterocycles. The largest absolute Gasteiger partial charge is 0.381 e. The van der Waals surface area contributed by atoms with Gasteiger partial charge in [-0.25, -0.2) is 0 Å². The minimum absolute atomic E-state index is 0.489. The first-order chi connectivity index (χ1) is 10.3. The lowest BCUT2D eigenvalue weighted by Gasteiger charge is -2.21. The second-order valence-corrected chi connectivity index (χ2v) is 5.93. The molecule has 1 heteroatoms. The quantitative estimate of drug-likeness (QED) is 0.614. The Hall–Kier alpha value is -1.60. The van der Waals surface area contributed by atoms with E-state index in [1.165, 1.54) is 11.1 Å². The van der Waals surface area contributed by atoms with Crippen molar-refractivity contribution in [2.45, 2.75) is 32.6 Å². The summed E-state index contributed by atoms with van der Waals surface area (Å²) in [4.78, 5) is 0. The Morgan fingerprint density at radius 1 is 0.857 bits per heavy atom. The summed E-state index contributed by atoms with van der Waals surface area (Å²) >= 11 is 0. The van der Waals surface area contributed by atoms with Crippen LogP contribution in [0.2, 0.25) is 0 Å². The number of aryl methyl sites for hydroxylation is 1. The molecule has 2 aromatic rings. The van der Waals surface area contributed by atoms with Crippen LogP contribution in [0.3, 0.4) is 0 Å². The van der Waals surface area contributed by atoms with Crippen LogP contribution in [0.1, 0.15) is 37.3 Å². The molecular weight excluding hydrogens is 256 g/mol. The van der Waals surface area contributed by atoms with Crippen molar-refractivity contribution in [3.63, 3.8) is 0 Å². The SMILES string of the molecule is CC(C)[C@@H](COCCCc1ccccc1)c1ccccc1. The van der Waals surface area contributed by atoms with E-state index in [-0.39, 0.29) is 0 Å². The molecule has 2 rings (SSSR count). The van der Waals surface area contributed by atoms with Crippen LogP contribution >= 0.6 is 0 Å². The smallest absolute Gasteiger partial charge is 0.0537 e. The van der Waals surface area contributed by atoms with Crippen LogP contribution in [0.4, 0.5) is 0 Å². The van der Waals surface area contributed by atoms with Crippen LogP contribution < -0.4 is 0 Å². The highest BCUT2D eigenvalue weighted by Gasteiger charge is 2.15. The fourth-order valence-electron chi connectivity index (χ4n) is 2.61. The van der Waals surface area contributed by atoms with Crippen LogP contribution in [-0.4, -0.2) is 13.2 Å². The van der Waals surface area contributed by atoms with Gasteiger partial charge in [-0.3, -0.25) is 0 Å². The molecule has 0 radical (unpaired) electrons. The third-order valence-electron chi connectivity index (χ3n) is 3.93. The summed E-state index contributed by atoms with van der Waals surface area (Å²) < 4.78 is 5.93. The highest BCUT2D eigenvalue weighted by atomic mass is 16.5. The van der Waals surface area contributed by atoms with E-state index >= 15 is 0 Å². The molecule has 0 unspecified atom stereocenters. The number of benzene rings is 2. The fourth-order valence-corrected chi connectivity index (χ4v) is 2.61. The number of rotatable bonds is 8. The Morgan fingerprint density at radius 3 is 2.10 bits per heavy atom. The maximum atomic E-state index is 5.93. The van der Waals surface area contributed by atoms with E-state index in [0.717, 1.165) is 26.1 Å². The third kappa shape index (κ3) is 5.35. The first kappa shape index (κ1) is 15.8. The van der Waals surface area contributed by atoms with Gasteiger partial charge in [0.25, 0.3) is 0 Å². The lowest BCUT2D eigenvalue weighted by Crippen LogP contribution is -2.14. The van der Waals surface area contributed by atoms with Gasteiger partial charge in [0.15, 0.2) is 0 Å². The summed E-state index contributed by atoms with van der Waals surface area (Å²) in [6.07, 6.45) is 2.18. The monoisotopic (exact) mass is 282 g/mol. The van der Waals surface area contributed by atoms with Crippen molar-refractivity contribution in [2.75, 3.05) is 13.2 Å². The molecule has 1 atom stereocenters. The Kier molecular flexibility index (Phi) is 6.49. The van der Waals surface area contributed by atoms with Crippen molar-refractivity contribution in [1.29, 1.82) is 0 Å². The topological polar surface area (TPSA) is 9.23 Å². The van der Waals surface area contributed by atoms with E-state index in [4.69, 9.17) is 4.74 Å². The van der Waals surface area contributed by atoms with Crippen LogP contribution in [0, 0.1) is 5.92 Å². The molecule has 21 heavy (non-hydrogen) atoms. The molecule has 0 N–H and O–H groups in total. The highest BCUT2D eigenvalue weighted by molar-refractivity contribution is 5.20. The van der Waals surface area contributed by atoms with Crippen molar-refractivity contribution in [3.8, 4) is 0 Å². The van der Waals surface area contributed by atoms with E-state index in [2.05, 4.69) is 74.5 Å². The zero-order chi connectivity index (χ0) is 14.9. The standard InChI is InChI=1S/C20H26O/c1-17(2)20(19-13-7-4-8-14-19)16-21-15-9-12-18-10-5-3-6-11-18/h3-8,10-11,13-14,17,20H,9,12,15-16H2,1-2H3/t20-/m1/s1. The van der Waals surface area contributed by atoms with E-state index in [1.807, 2.05) is 0 Å². The maximum Gasteiger partial charge on any atom is 0.0537 e. The van der Waals surface area contributed by atoms with E-state index < -0.39 is 0 Å². The second-order valence-electron chi connectivity index (χ2n) is 5.93. The minimum atomic E-state index is 0.489. The van der Waals surface area contributed by atoms with Crippen molar-refractivity contribution in [3.05, 3.63) is 71.8 Å². The summed E-state index contributed by atoms with van der Waals surface area (Å²) in [6, 6.07) is 21.3. The summed E-state index contributed by atoms with van der Waals surface area (Å²) in [5.74, 6) is 1.09. The molecule has 0 amide bonds. The van der Waals surface area contributed by atoms with Gasteiger partial charge in [0.1, 0.15) is 0 Å². The first-order valence-corrected chi connectivity index (χ1v) is 7.94. The molecule has 2 aromatic carbocycles. The molecule has 0 heterocycles. The van der Waals surface area contributed by atoms with E-state index in [1.54, 1.807) is 0 Å². The summed E-state index contributed by atoms with van der Waals surface area (Å²) in [6.45, 7) is 6.19. The fraction of sp³-hybridized carbons (Fsp3) is 0.400. The summed E-state index contributed by atoms with van der Waals surface area (Å²) in [5.41, 5.74) is 2.78. The molecule has 0 aliphatic rings.